The van der Waals surface area contributed by atoms with E-state index in [0.29, 0.717) is 5.92 Å². The van der Waals surface area contributed by atoms with Gasteiger partial charge in [-0.05, 0) is 17.9 Å². The molecule has 1 unspecified atom stereocenters. The maximum atomic E-state index is 5.21. The molecule has 0 aromatic rings. The molecule has 1 aliphatic carbocycles. The van der Waals surface area contributed by atoms with Gasteiger partial charge in [0.15, 0.2) is 0 Å². The molecule has 0 aliphatic heterocycles. The third-order valence-electron chi connectivity index (χ3n) is 2.10. The van der Waals surface area contributed by atoms with E-state index in [4.69, 9.17) is 4.74 Å². The number of aliphatic imine (C=N–C) groups is 1. The Morgan fingerprint density at radius 3 is 2.93 bits per heavy atom. The number of allylic oxidation sites excluding steroid dienone is 2. The second kappa shape index (κ2) is 5.76. The van der Waals surface area contributed by atoms with Crippen LogP contribution in [0, 0.1) is 5.92 Å². The molecular formula is C12H19NO. The topological polar surface area (TPSA) is 21.6 Å². The molecule has 0 saturated heterocycles. The smallest absolute Gasteiger partial charge is 0.0790 e. The minimum absolute atomic E-state index is 0.247. The highest BCUT2D eigenvalue weighted by Crippen LogP contribution is 2.11. The van der Waals surface area contributed by atoms with E-state index in [2.05, 4.69) is 37.1 Å². The molecule has 0 aromatic carbocycles. The summed E-state index contributed by atoms with van der Waals surface area (Å²) in [6.07, 6.45) is 9.46. The van der Waals surface area contributed by atoms with Gasteiger partial charge < -0.3 is 4.74 Å². The highest BCUT2D eigenvalue weighted by Gasteiger charge is 2.05. The molecule has 1 atom stereocenters. The minimum Gasteiger partial charge on any atom is -0.377 e. The summed E-state index contributed by atoms with van der Waals surface area (Å²) in [6, 6.07) is 0. The van der Waals surface area contributed by atoms with Crippen LogP contribution >= 0.6 is 0 Å². The van der Waals surface area contributed by atoms with E-state index in [1.165, 1.54) is 5.57 Å². The van der Waals surface area contributed by atoms with Crippen LogP contribution < -0.4 is 0 Å². The Morgan fingerprint density at radius 1 is 1.64 bits per heavy atom. The van der Waals surface area contributed by atoms with Gasteiger partial charge in [0.05, 0.1) is 6.10 Å². The molecule has 0 saturated carbocycles. The monoisotopic (exact) mass is 193 g/mol. The Morgan fingerprint density at radius 2 is 2.43 bits per heavy atom. The second-order valence-corrected chi connectivity index (χ2v) is 3.96. The van der Waals surface area contributed by atoms with Crippen LogP contribution in [0.3, 0.4) is 0 Å². The van der Waals surface area contributed by atoms with Crippen LogP contribution in [-0.4, -0.2) is 26.0 Å². The first-order valence-electron chi connectivity index (χ1n) is 5.13. The first-order chi connectivity index (χ1) is 6.72. The fourth-order valence-electron chi connectivity index (χ4n) is 1.26. The third-order valence-corrected chi connectivity index (χ3v) is 2.10. The van der Waals surface area contributed by atoms with Gasteiger partial charge in [-0.15, -0.1) is 0 Å². The van der Waals surface area contributed by atoms with Crippen molar-refractivity contribution in [2.45, 2.75) is 26.4 Å². The largest absolute Gasteiger partial charge is 0.377 e. The predicted octanol–water partition coefficient (Wildman–Crippen LogP) is 2.61. The fourth-order valence-corrected chi connectivity index (χ4v) is 1.26. The number of nitrogens with zero attached hydrogens (tertiary/aromatic N) is 1. The number of hydrogen-bond acceptors (Lipinski definition) is 2. The van der Waals surface area contributed by atoms with Crippen LogP contribution in [0.25, 0.3) is 0 Å². The van der Waals surface area contributed by atoms with Crippen molar-refractivity contribution in [1.82, 2.24) is 0 Å². The summed E-state index contributed by atoms with van der Waals surface area (Å²) in [5.74, 6) is 0.631. The summed E-state index contributed by atoms with van der Waals surface area (Å²) in [7, 11) is 1.74. The minimum atomic E-state index is 0.247. The zero-order valence-electron chi connectivity index (χ0n) is 9.23. The van der Waals surface area contributed by atoms with Crippen LogP contribution in [0.1, 0.15) is 20.3 Å². The molecule has 0 N–H and O–H groups in total. The Balaban J connectivity index is 2.38. The molecule has 0 aromatic heterocycles. The molecule has 0 radical (unpaired) electrons. The lowest BCUT2D eigenvalue weighted by Gasteiger charge is -2.12. The van der Waals surface area contributed by atoms with Crippen LogP contribution in [0.5, 0.6) is 0 Å². The van der Waals surface area contributed by atoms with Gasteiger partial charge in [-0.2, -0.15) is 0 Å². The number of ether oxygens (including phenoxy) is 1. The van der Waals surface area contributed by atoms with Crippen molar-refractivity contribution in [3.63, 3.8) is 0 Å². The Hall–Kier alpha value is -0.890. The molecule has 0 fully saturated rings. The SMILES string of the molecule is COC1C=CC(C=NCC(C)C)=CC1. The van der Waals surface area contributed by atoms with Gasteiger partial charge in [-0.1, -0.05) is 32.1 Å². The first kappa shape index (κ1) is 11.2. The van der Waals surface area contributed by atoms with Crippen molar-refractivity contribution in [3.05, 3.63) is 23.8 Å². The normalized spacial score (nSPS) is 22.0. The Kier molecular flexibility index (Phi) is 4.60. The molecule has 14 heavy (non-hydrogen) atoms. The summed E-state index contributed by atoms with van der Waals surface area (Å²) in [5, 5.41) is 0. The zero-order chi connectivity index (χ0) is 10.4. The van der Waals surface area contributed by atoms with Gasteiger partial charge in [0.25, 0.3) is 0 Å². The highest BCUT2D eigenvalue weighted by atomic mass is 16.5. The molecular weight excluding hydrogens is 174 g/mol. The lowest BCUT2D eigenvalue weighted by Crippen LogP contribution is -2.08. The van der Waals surface area contributed by atoms with Crippen molar-refractivity contribution < 1.29 is 4.74 Å². The van der Waals surface area contributed by atoms with Crippen molar-refractivity contribution in [2.75, 3.05) is 13.7 Å². The zero-order valence-corrected chi connectivity index (χ0v) is 9.23. The van der Waals surface area contributed by atoms with Crippen LogP contribution in [0.2, 0.25) is 0 Å². The molecule has 2 heteroatoms. The van der Waals surface area contributed by atoms with Gasteiger partial charge in [-0.25, -0.2) is 0 Å². The van der Waals surface area contributed by atoms with Crippen LogP contribution in [0.4, 0.5) is 0 Å². The number of rotatable bonds is 4. The molecule has 78 valence electrons. The summed E-state index contributed by atoms with van der Waals surface area (Å²) in [4.78, 5) is 4.36. The van der Waals surface area contributed by atoms with Gasteiger partial charge in [0.1, 0.15) is 0 Å². The van der Waals surface area contributed by atoms with E-state index in [1.54, 1.807) is 7.11 Å². The summed E-state index contributed by atoms with van der Waals surface area (Å²) >= 11 is 0. The van der Waals surface area contributed by atoms with Crippen molar-refractivity contribution in [1.29, 1.82) is 0 Å². The molecule has 0 spiro atoms. The number of hydrogen-bond donors (Lipinski definition) is 0. The summed E-state index contributed by atoms with van der Waals surface area (Å²) in [6.45, 7) is 5.24. The van der Waals surface area contributed by atoms with E-state index < -0.39 is 0 Å². The van der Waals surface area contributed by atoms with Crippen LogP contribution in [0.15, 0.2) is 28.8 Å². The van der Waals surface area contributed by atoms with Crippen molar-refractivity contribution in [2.24, 2.45) is 10.9 Å². The summed E-state index contributed by atoms with van der Waals surface area (Å²) < 4.78 is 5.21. The van der Waals surface area contributed by atoms with Crippen molar-refractivity contribution in [3.8, 4) is 0 Å². The maximum Gasteiger partial charge on any atom is 0.0790 e. The fraction of sp³-hybridized carbons (Fsp3) is 0.583. The van der Waals surface area contributed by atoms with Crippen LogP contribution in [-0.2, 0) is 4.74 Å². The lowest BCUT2D eigenvalue weighted by atomic mass is 10.1. The lowest BCUT2D eigenvalue weighted by molar-refractivity contribution is 0.142. The summed E-state index contributed by atoms with van der Waals surface area (Å²) in [5.41, 5.74) is 1.19. The third kappa shape index (κ3) is 3.88. The predicted molar refractivity (Wildman–Crippen MR) is 60.8 cm³/mol. The molecule has 0 amide bonds. The Bertz CT molecular complexity index is 251. The molecule has 1 aliphatic rings. The molecule has 2 nitrogen and oxygen atoms in total. The average Bonchev–Trinajstić information content (AvgIpc) is 2.18. The first-order valence-corrected chi connectivity index (χ1v) is 5.13. The molecule has 0 heterocycles. The highest BCUT2D eigenvalue weighted by molar-refractivity contribution is 5.82. The average molecular weight is 193 g/mol. The quantitative estimate of drug-likeness (QED) is 0.629. The molecule has 0 bridgehead atoms. The van der Waals surface area contributed by atoms with E-state index in [1.807, 2.05) is 6.21 Å². The van der Waals surface area contributed by atoms with E-state index >= 15 is 0 Å². The van der Waals surface area contributed by atoms with Gasteiger partial charge in [0.2, 0.25) is 0 Å². The second-order valence-electron chi connectivity index (χ2n) is 3.96. The van der Waals surface area contributed by atoms with Crippen molar-refractivity contribution >= 4 is 6.21 Å². The number of methoxy groups -OCH3 is 1. The van der Waals surface area contributed by atoms with E-state index in [-0.39, 0.29) is 6.10 Å². The van der Waals surface area contributed by atoms with Gasteiger partial charge in [0, 0.05) is 19.9 Å². The van der Waals surface area contributed by atoms with Gasteiger partial charge in [-0.3, -0.25) is 4.99 Å². The molecule has 1 rings (SSSR count). The standard InChI is InChI=1S/C12H19NO/c1-10(2)8-13-9-11-4-6-12(14-3)7-5-11/h4-6,9-10,12H,7-8H2,1-3H3. The van der Waals surface area contributed by atoms with E-state index in [0.717, 1.165) is 13.0 Å². The maximum absolute atomic E-state index is 5.21. The van der Waals surface area contributed by atoms with E-state index in [9.17, 15) is 0 Å². The van der Waals surface area contributed by atoms with Gasteiger partial charge >= 0.3 is 0 Å². The Labute approximate surface area is 86.4 Å².